The van der Waals surface area contributed by atoms with E-state index in [1.54, 1.807) is 23.1 Å². The molecule has 0 saturated carbocycles. The molecule has 0 bridgehead atoms. The smallest absolute Gasteiger partial charge is 0.276 e. The second-order valence-corrected chi connectivity index (χ2v) is 7.20. The number of carbonyl (C=O) groups is 1. The molecule has 144 valence electrons. The summed E-state index contributed by atoms with van der Waals surface area (Å²) in [6.45, 7) is 1.11. The number of nitrogens with zero attached hydrogens (tertiary/aromatic N) is 5. The second-order valence-electron chi connectivity index (χ2n) is 7.20. The van der Waals surface area contributed by atoms with Gasteiger partial charge >= 0.3 is 0 Å². The van der Waals surface area contributed by atoms with Crippen molar-refractivity contribution in [3.63, 3.8) is 0 Å². The molecule has 1 atom stereocenters. The van der Waals surface area contributed by atoms with Crippen molar-refractivity contribution in [2.24, 2.45) is 7.05 Å². The molecule has 0 fully saturated rings. The van der Waals surface area contributed by atoms with E-state index >= 15 is 0 Å². The Kier molecular flexibility index (Phi) is 4.20. The molecule has 0 radical (unpaired) electrons. The van der Waals surface area contributed by atoms with Crippen LogP contribution in [0.1, 0.15) is 33.1 Å². The lowest BCUT2D eigenvalue weighted by Crippen LogP contribution is -2.38. The summed E-state index contributed by atoms with van der Waals surface area (Å²) >= 11 is 0. The van der Waals surface area contributed by atoms with Gasteiger partial charge in [-0.25, -0.2) is 0 Å². The van der Waals surface area contributed by atoms with Gasteiger partial charge in [0.1, 0.15) is 0 Å². The number of amides is 1. The molecule has 7 nitrogen and oxygen atoms in total. The van der Waals surface area contributed by atoms with Crippen molar-refractivity contribution in [3.05, 3.63) is 89.6 Å². The molecular formula is C22H19N5O2. The number of aromatic nitrogens is 4. The maximum Gasteiger partial charge on any atom is 0.276 e. The Morgan fingerprint density at radius 1 is 1.17 bits per heavy atom. The van der Waals surface area contributed by atoms with E-state index < -0.39 is 0 Å². The minimum absolute atomic E-state index is 0.0733. The van der Waals surface area contributed by atoms with Crippen molar-refractivity contribution in [2.45, 2.75) is 12.5 Å². The van der Waals surface area contributed by atoms with Crippen LogP contribution >= 0.6 is 0 Å². The SMILES string of the molecule is Cn1cc(C2CN(C(=O)c3cc(-c4ccncc4)on3)Cc3ccccc32)cn1. The largest absolute Gasteiger partial charge is 0.355 e. The van der Waals surface area contributed by atoms with Crippen LogP contribution in [0.2, 0.25) is 0 Å². The molecule has 1 unspecified atom stereocenters. The van der Waals surface area contributed by atoms with Gasteiger partial charge in [0.05, 0.1) is 6.20 Å². The Balaban J connectivity index is 1.46. The zero-order valence-electron chi connectivity index (χ0n) is 15.9. The van der Waals surface area contributed by atoms with Crippen molar-refractivity contribution in [1.29, 1.82) is 0 Å². The van der Waals surface area contributed by atoms with Crippen molar-refractivity contribution in [2.75, 3.05) is 6.54 Å². The molecule has 29 heavy (non-hydrogen) atoms. The predicted molar refractivity (Wildman–Crippen MR) is 106 cm³/mol. The lowest BCUT2D eigenvalue weighted by Gasteiger charge is -2.34. The Morgan fingerprint density at radius 3 is 2.79 bits per heavy atom. The lowest BCUT2D eigenvalue weighted by molar-refractivity contribution is 0.0714. The summed E-state index contributed by atoms with van der Waals surface area (Å²) in [7, 11) is 1.90. The molecule has 4 heterocycles. The fourth-order valence-electron chi connectivity index (χ4n) is 3.86. The summed E-state index contributed by atoms with van der Waals surface area (Å²) in [6, 6.07) is 13.6. The van der Waals surface area contributed by atoms with Gasteiger partial charge < -0.3 is 9.42 Å². The highest BCUT2D eigenvalue weighted by atomic mass is 16.5. The van der Waals surface area contributed by atoms with E-state index in [9.17, 15) is 4.79 Å². The van der Waals surface area contributed by atoms with Crippen LogP contribution in [0, 0.1) is 0 Å². The van der Waals surface area contributed by atoms with E-state index in [2.05, 4.69) is 27.4 Å². The third kappa shape index (κ3) is 3.20. The normalized spacial score (nSPS) is 15.9. The van der Waals surface area contributed by atoms with Crippen LogP contribution in [0.15, 0.2) is 71.8 Å². The Morgan fingerprint density at radius 2 is 2.00 bits per heavy atom. The number of fused-ring (bicyclic) bond motifs is 1. The van der Waals surface area contributed by atoms with E-state index in [1.165, 1.54) is 5.56 Å². The Hall–Kier alpha value is -3.74. The van der Waals surface area contributed by atoms with Gasteiger partial charge in [-0.2, -0.15) is 5.10 Å². The molecule has 0 N–H and O–H groups in total. The van der Waals surface area contributed by atoms with E-state index in [0.717, 1.165) is 16.7 Å². The Labute approximate surface area is 167 Å². The zero-order chi connectivity index (χ0) is 19.8. The topological polar surface area (TPSA) is 77.0 Å². The molecule has 0 aliphatic carbocycles. The maximum absolute atomic E-state index is 13.2. The fraction of sp³-hybridized carbons (Fsp3) is 0.182. The number of hydrogen-bond acceptors (Lipinski definition) is 5. The van der Waals surface area contributed by atoms with Gasteiger partial charge in [0.15, 0.2) is 11.5 Å². The van der Waals surface area contributed by atoms with Gasteiger partial charge in [-0.15, -0.1) is 0 Å². The van der Waals surface area contributed by atoms with E-state index in [4.69, 9.17) is 4.52 Å². The molecule has 0 spiro atoms. The van der Waals surface area contributed by atoms with Crippen LogP contribution in [0.25, 0.3) is 11.3 Å². The summed E-state index contributed by atoms with van der Waals surface area (Å²) in [5.74, 6) is 0.485. The van der Waals surface area contributed by atoms with Crippen LogP contribution in [0.3, 0.4) is 0 Å². The van der Waals surface area contributed by atoms with Gasteiger partial charge in [-0.1, -0.05) is 29.4 Å². The van der Waals surface area contributed by atoms with Gasteiger partial charge in [0.2, 0.25) is 0 Å². The Bertz CT molecular complexity index is 1160. The molecule has 7 heteroatoms. The lowest BCUT2D eigenvalue weighted by atomic mass is 9.86. The van der Waals surface area contributed by atoms with Gasteiger partial charge in [-0.05, 0) is 28.8 Å². The third-order valence-corrected chi connectivity index (χ3v) is 5.30. The van der Waals surface area contributed by atoms with E-state index in [1.807, 2.05) is 48.6 Å². The first-order valence-corrected chi connectivity index (χ1v) is 9.42. The highest BCUT2D eigenvalue weighted by molar-refractivity contribution is 5.93. The molecule has 1 aliphatic heterocycles. The summed E-state index contributed by atoms with van der Waals surface area (Å²) in [5, 5.41) is 8.33. The first-order valence-electron chi connectivity index (χ1n) is 9.42. The maximum atomic E-state index is 13.2. The summed E-state index contributed by atoms with van der Waals surface area (Å²) in [6.07, 6.45) is 7.24. The first kappa shape index (κ1) is 17.4. The quantitative estimate of drug-likeness (QED) is 0.541. The van der Waals surface area contributed by atoms with Crippen LogP contribution in [0.4, 0.5) is 0 Å². The monoisotopic (exact) mass is 385 g/mol. The number of aryl methyl sites for hydroxylation is 1. The van der Waals surface area contributed by atoms with E-state index in [-0.39, 0.29) is 11.8 Å². The first-order chi connectivity index (χ1) is 14.2. The molecule has 0 saturated heterocycles. The number of pyridine rings is 1. The highest BCUT2D eigenvalue weighted by Gasteiger charge is 2.31. The van der Waals surface area contributed by atoms with Crippen molar-refractivity contribution in [1.82, 2.24) is 24.8 Å². The summed E-state index contributed by atoms with van der Waals surface area (Å²) in [5.41, 5.74) is 4.61. The van der Waals surface area contributed by atoms with Crippen LogP contribution in [-0.2, 0) is 13.6 Å². The van der Waals surface area contributed by atoms with Crippen LogP contribution in [-0.4, -0.2) is 37.3 Å². The number of carbonyl (C=O) groups excluding carboxylic acids is 1. The minimum atomic E-state index is -0.141. The molecule has 1 aromatic carbocycles. The molecule has 1 aliphatic rings. The van der Waals surface area contributed by atoms with Gasteiger partial charge in [0, 0.05) is 56.3 Å². The van der Waals surface area contributed by atoms with Crippen LogP contribution < -0.4 is 0 Å². The predicted octanol–water partition coefficient (Wildman–Crippen LogP) is 3.26. The summed E-state index contributed by atoms with van der Waals surface area (Å²) < 4.78 is 7.20. The van der Waals surface area contributed by atoms with Gasteiger partial charge in [-0.3, -0.25) is 14.5 Å². The molecule has 4 aromatic rings. The fourth-order valence-corrected chi connectivity index (χ4v) is 3.86. The van der Waals surface area contributed by atoms with Gasteiger partial charge in [0.25, 0.3) is 5.91 Å². The average Bonchev–Trinajstić information content (AvgIpc) is 3.42. The standard InChI is InChI=1S/C22H19N5O2/c1-26-12-17(11-24-26)19-14-27(13-16-4-2-3-5-18(16)19)22(28)20-10-21(29-25-20)15-6-8-23-9-7-15/h2-12,19H,13-14H2,1H3. The number of hydrogen-bond donors (Lipinski definition) is 0. The number of benzene rings is 1. The molecule has 1 amide bonds. The van der Waals surface area contributed by atoms with Crippen molar-refractivity contribution >= 4 is 5.91 Å². The molecular weight excluding hydrogens is 366 g/mol. The molecule has 3 aromatic heterocycles. The van der Waals surface area contributed by atoms with E-state index in [0.29, 0.717) is 24.5 Å². The highest BCUT2D eigenvalue weighted by Crippen LogP contribution is 2.34. The average molecular weight is 385 g/mol. The number of rotatable bonds is 3. The summed E-state index contributed by atoms with van der Waals surface area (Å²) in [4.78, 5) is 19.0. The van der Waals surface area contributed by atoms with Crippen molar-refractivity contribution in [3.8, 4) is 11.3 Å². The van der Waals surface area contributed by atoms with Crippen LogP contribution in [0.5, 0.6) is 0 Å². The zero-order valence-corrected chi connectivity index (χ0v) is 15.9. The minimum Gasteiger partial charge on any atom is -0.355 e. The molecule has 5 rings (SSSR count). The third-order valence-electron chi connectivity index (χ3n) is 5.30. The second kappa shape index (κ2) is 7.01. The van der Waals surface area contributed by atoms with Crippen molar-refractivity contribution < 1.29 is 9.32 Å².